The number of hydrogen-bond acceptors (Lipinski definition) is 2. The summed E-state index contributed by atoms with van der Waals surface area (Å²) in [6.07, 6.45) is 0. The number of rotatable bonds is 2. The minimum absolute atomic E-state index is 0.154. The molecule has 2 aromatic carbocycles. The highest BCUT2D eigenvalue weighted by Gasteiger charge is 2.19. The second kappa shape index (κ2) is 5.59. The highest BCUT2D eigenvalue weighted by Crippen LogP contribution is 2.32. The smallest absolute Gasteiger partial charge is 0.198 e. The molecule has 0 unspecified atom stereocenters. The van der Waals surface area contributed by atoms with Crippen molar-refractivity contribution in [1.82, 2.24) is 0 Å². The van der Waals surface area contributed by atoms with E-state index in [1.807, 2.05) is 0 Å². The Morgan fingerprint density at radius 2 is 1.47 bits per heavy atom. The predicted molar refractivity (Wildman–Crippen MR) is 80.8 cm³/mol. The highest BCUT2D eigenvalue weighted by molar-refractivity contribution is 6.43. The maximum atomic E-state index is 12.4. The molecule has 2 N–H and O–H groups in total. The van der Waals surface area contributed by atoms with E-state index in [9.17, 15) is 4.79 Å². The van der Waals surface area contributed by atoms with E-state index in [2.05, 4.69) is 0 Å². The fourth-order valence-corrected chi connectivity index (χ4v) is 2.78. The van der Waals surface area contributed by atoms with Crippen molar-refractivity contribution in [3.8, 4) is 0 Å². The Balaban J connectivity index is 2.59. The van der Waals surface area contributed by atoms with Crippen LogP contribution in [-0.4, -0.2) is 5.78 Å². The van der Waals surface area contributed by atoms with Gasteiger partial charge in [-0.15, -0.1) is 0 Å². The summed E-state index contributed by atoms with van der Waals surface area (Å²) in [5, 5.41) is 1.09. The molecule has 2 aromatic rings. The average molecular weight is 335 g/mol. The number of ketones is 1. The van der Waals surface area contributed by atoms with Crippen LogP contribution < -0.4 is 5.73 Å². The molecule has 0 radical (unpaired) electrons. The SMILES string of the molecule is Nc1ccc(Cl)cc1C(=O)c1c(Cl)cc(Cl)cc1Cl. The Labute approximate surface area is 130 Å². The lowest BCUT2D eigenvalue weighted by Crippen LogP contribution is -2.07. The molecule has 0 amide bonds. The largest absolute Gasteiger partial charge is 0.398 e. The third-order valence-corrected chi connectivity index (χ3v) is 3.54. The molecule has 2 nitrogen and oxygen atoms in total. The third kappa shape index (κ3) is 2.98. The molecular formula is C13H7Cl4NO. The fraction of sp³-hybridized carbons (Fsp3) is 0. The van der Waals surface area contributed by atoms with Crippen molar-refractivity contribution in [2.45, 2.75) is 0 Å². The van der Waals surface area contributed by atoms with Gasteiger partial charge in [-0.25, -0.2) is 0 Å². The van der Waals surface area contributed by atoms with Gasteiger partial charge in [-0.1, -0.05) is 46.4 Å². The van der Waals surface area contributed by atoms with Crippen molar-refractivity contribution in [3.63, 3.8) is 0 Å². The van der Waals surface area contributed by atoms with Gasteiger partial charge in [-0.2, -0.15) is 0 Å². The normalized spacial score (nSPS) is 10.5. The molecule has 2 rings (SSSR count). The quantitative estimate of drug-likeness (QED) is 0.612. The van der Waals surface area contributed by atoms with Crippen LogP contribution >= 0.6 is 46.4 Å². The molecule has 0 aliphatic heterocycles. The number of carbonyl (C=O) groups excluding carboxylic acids is 1. The highest BCUT2D eigenvalue weighted by atomic mass is 35.5. The third-order valence-electron chi connectivity index (χ3n) is 2.49. The summed E-state index contributed by atoms with van der Waals surface area (Å²) in [7, 11) is 0. The van der Waals surface area contributed by atoms with Crippen LogP contribution in [0.5, 0.6) is 0 Å². The first kappa shape index (κ1) is 14.5. The summed E-state index contributed by atoms with van der Waals surface area (Å²) < 4.78 is 0. The van der Waals surface area contributed by atoms with Crippen LogP contribution in [0.25, 0.3) is 0 Å². The van der Waals surface area contributed by atoms with Crippen LogP contribution in [-0.2, 0) is 0 Å². The average Bonchev–Trinajstić information content (AvgIpc) is 2.30. The van der Waals surface area contributed by atoms with E-state index in [4.69, 9.17) is 52.1 Å². The first-order valence-electron chi connectivity index (χ1n) is 5.14. The van der Waals surface area contributed by atoms with Gasteiger partial charge in [0, 0.05) is 21.3 Å². The van der Waals surface area contributed by atoms with Gasteiger partial charge < -0.3 is 5.73 Å². The van der Waals surface area contributed by atoms with E-state index < -0.39 is 5.78 Å². The first-order valence-corrected chi connectivity index (χ1v) is 6.65. The molecule has 0 atom stereocenters. The summed E-state index contributed by atoms with van der Waals surface area (Å²) in [6.45, 7) is 0. The molecule has 0 spiro atoms. The second-order valence-electron chi connectivity index (χ2n) is 3.81. The number of nitrogen functional groups attached to an aromatic ring is 1. The van der Waals surface area contributed by atoms with E-state index in [1.165, 1.54) is 18.2 Å². The van der Waals surface area contributed by atoms with Gasteiger partial charge in [0.1, 0.15) is 0 Å². The van der Waals surface area contributed by atoms with Crippen LogP contribution in [0.3, 0.4) is 0 Å². The van der Waals surface area contributed by atoms with Crippen LogP contribution in [0.4, 0.5) is 5.69 Å². The molecule has 0 aliphatic carbocycles. The first-order chi connectivity index (χ1) is 8.90. The molecule has 6 heteroatoms. The molecular weight excluding hydrogens is 328 g/mol. The number of anilines is 1. The van der Waals surface area contributed by atoms with Gasteiger partial charge in [0.05, 0.1) is 15.6 Å². The van der Waals surface area contributed by atoms with Crippen LogP contribution in [0.1, 0.15) is 15.9 Å². The summed E-state index contributed by atoms with van der Waals surface area (Å²) in [6, 6.07) is 7.51. The number of carbonyl (C=O) groups is 1. The van der Waals surface area contributed by atoms with E-state index >= 15 is 0 Å². The van der Waals surface area contributed by atoms with Gasteiger partial charge in [0.25, 0.3) is 0 Å². The van der Waals surface area contributed by atoms with Gasteiger partial charge in [-0.3, -0.25) is 4.79 Å². The molecule has 0 heterocycles. The van der Waals surface area contributed by atoms with E-state index in [0.29, 0.717) is 15.7 Å². The summed E-state index contributed by atoms with van der Waals surface area (Å²) in [5.74, 6) is -0.397. The topological polar surface area (TPSA) is 43.1 Å². The zero-order chi connectivity index (χ0) is 14.2. The number of benzene rings is 2. The molecule has 0 aliphatic rings. The standard InChI is InChI=1S/C13H7Cl4NO/c14-6-1-2-11(18)8(3-6)13(19)12-9(16)4-7(15)5-10(12)17/h1-5H,18H2. The van der Waals surface area contributed by atoms with Crippen molar-refractivity contribution >= 4 is 57.9 Å². The lowest BCUT2D eigenvalue weighted by Gasteiger charge is -2.09. The van der Waals surface area contributed by atoms with E-state index in [-0.39, 0.29) is 21.2 Å². The molecule has 0 aromatic heterocycles. The zero-order valence-electron chi connectivity index (χ0n) is 9.38. The lowest BCUT2D eigenvalue weighted by atomic mass is 10.0. The monoisotopic (exact) mass is 333 g/mol. The summed E-state index contributed by atoms with van der Waals surface area (Å²) >= 11 is 23.7. The van der Waals surface area contributed by atoms with Crippen molar-refractivity contribution in [2.24, 2.45) is 0 Å². The van der Waals surface area contributed by atoms with Crippen molar-refractivity contribution < 1.29 is 4.79 Å². The predicted octanol–water partition coefficient (Wildman–Crippen LogP) is 5.11. The minimum atomic E-state index is -0.397. The minimum Gasteiger partial charge on any atom is -0.398 e. The Hall–Kier alpha value is -0.930. The Morgan fingerprint density at radius 1 is 0.895 bits per heavy atom. The molecule has 19 heavy (non-hydrogen) atoms. The molecule has 0 bridgehead atoms. The van der Waals surface area contributed by atoms with Gasteiger partial charge >= 0.3 is 0 Å². The van der Waals surface area contributed by atoms with Crippen LogP contribution in [0.15, 0.2) is 30.3 Å². The van der Waals surface area contributed by atoms with Gasteiger partial charge in [0.15, 0.2) is 5.78 Å². The van der Waals surface area contributed by atoms with E-state index in [0.717, 1.165) is 0 Å². The molecule has 98 valence electrons. The van der Waals surface area contributed by atoms with Crippen molar-refractivity contribution in [1.29, 1.82) is 0 Å². The van der Waals surface area contributed by atoms with Gasteiger partial charge in [-0.05, 0) is 30.3 Å². The molecule has 0 fully saturated rings. The summed E-state index contributed by atoms with van der Waals surface area (Å²) in [5.41, 5.74) is 6.47. The van der Waals surface area contributed by atoms with Crippen molar-refractivity contribution in [3.05, 3.63) is 61.5 Å². The molecule has 0 saturated carbocycles. The maximum absolute atomic E-state index is 12.4. The Kier molecular flexibility index (Phi) is 4.26. The maximum Gasteiger partial charge on any atom is 0.198 e. The number of nitrogens with two attached hydrogens (primary N) is 1. The number of halogens is 4. The van der Waals surface area contributed by atoms with Gasteiger partial charge in [0.2, 0.25) is 0 Å². The second-order valence-corrected chi connectivity index (χ2v) is 5.49. The van der Waals surface area contributed by atoms with Crippen LogP contribution in [0, 0.1) is 0 Å². The number of hydrogen-bond donors (Lipinski definition) is 1. The molecule has 0 saturated heterocycles. The Morgan fingerprint density at radius 3 is 2.05 bits per heavy atom. The fourth-order valence-electron chi connectivity index (χ4n) is 1.62. The lowest BCUT2D eigenvalue weighted by molar-refractivity contribution is 0.104. The summed E-state index contributed by atoms with van der Waals surface area (Å²) in [4.78, 5) is 12.4. The van der Waals surface area contributed by atoms with Crippen molar-refractivity contribution in [2.75, 3.05) is 5.73 Å². The Bertz CT molecular complexity index is 647. The van der Waals surface area contributed by atoms with Crippen LogP contribution in [0.2, 0.25) is 20.1 Å². The zero-order valence-corrected chi connectivity index (χ0v) is 12.4. The van der Waals surface area contributed by atoms with E-state index in [1.54, 1.807) is 12.1 Å².